The molecule has 0 atom stereocenters. The van der Waals surface area contributed by atoms with Gasteiger partial charge in [0.1, 0.15) is 11.8 Å². The molecular weight excluding hydrogens is 352 g/mol. The summed E-state index contributed by atoms with van der Waals surface area (Å²) < 4.78 is 1.75. The topological polar surface area (TPSA) is 95.1 Å². The third kappa shape index (κ3) is 3.41. The van der Waals surface area contributed by atoms with Gasteiger partial charge in [-0.2, -0.15) is 10.4 Å². The molecule has 2 aliphatic rings. The number of anilines is 2. The number of nitriles is 1. The maximum absolute atomic E-state index is 12.0. The molecule has 5 rings (SSSR count). The number of carbonyl (C=O) groups is 1. The average molecular weight is 372 g/mol. The predicted molar refractivity (Wildman–Crippen MR) is 106 cm³/mol. The molecule has 0 aromatic carbocycles. The molecule has 2 N–H and O–H groups in total. The molecule has 0 spiro atoms. The number of aromatic nitrogens is 3. The smallest absolute Gasteiger partial charge is 0.228 e. The molecule has 28 heavy (non-hydrogen) atoms. The highest BCUT2D eigenvalue weighted by atomic mass is 16.2. The molecule has 0 bridgehead atoms. The summed E-state index contributed by atoms with van der Waals surface area (Å²) in [6.45, 7) is 0.923. The number of hydrogen-bond donors (Lipinski definition) is 2. The summed E-state index contributed by atoms with van der Waals surface area (Å²) in [7, 11) is 0. The summed E-state index contributed by atoms with van der Waals surface area (Å²) in [6, 6.07) is 9.77. The molecule has 1 amide bonds. The molecule has 2 saturated carbocycles. The number of fused-ring (bicyclic) bond motifs is 1. The lowest BCUT2D eigenvalue weighted by Gasteiger charge is -2.12. The van der Waals surface area contributed by atoms with Crippen LogP contribution in [0.25, 0.3) is 16.6 Å². The van der Waals surface area contributed by atoms with Gasteiger partial charge in [-0.3, -0.25) is 4.79 Å². The first-order chi connectivity index (χ1) is 13.7. The Morgan fingerprint density at radius 2 is 2.11 bits per heavy atom. The minimum Gasteiger partial charge on any atom is -0.383 e. The van der Waals surface area contributed by atoms with Gasteiger partial charge in [-0.05, 0) is 55.4 Å². The zero-order chi connectivity index (χ0) is 19.1. The molecular formula is C21H20N6O. The van der Waals surface area contributed by atoms with Crippen molar-refractivity contribution in [3.05, 3.63) is 42.4 Å². The lowest BCUT2D eigenvalue weighted by molar-refractivity contribution is -0.117. The Balaban J connectivity index is 1.47. The number of amides is 1. The second kappa shape index (κ2) is 6.64. The Labute approximate surface area is 162 Å². The van der Waals surface area contributed by atoms with Crippen molar-refractivity contribution in [2.24, 2.45) is 11.8 Å². The highest BCUT2D eigenvalue weighted by molar-refractivity contribution is 5.94. The van der Waals surface area contributed by atoms with Gasteiger partial charge in [-0.1, -0.05) is 0 Å². The standard InChI is InChI=1S/C21H20N6O/c22-10-16-8-18(19(12-23-16)24-11-13-1-2-13)15-5-6-27-17(7-15)9-20(26-27)25-21(28)14-3-4-14/h5-9,12-14,24H,1-4,11H2,(H,25,26,28). The van der Waals surface area contributed by atoms with Gasteiger partial charge in [0.2, 0.25) is 5.91 Å². The van der Waals surface area contributed by atoms with Gasteiger partial charge in [0, 0.05) is 30.3 Å². The van der Waals surface area contributed by atoms with Crippen molar-refractivity contribution < 1.29 is 4.79 Å². The van der Waals surface area contributed by atoms with Crippen LogP contribution in [0.1, 0.15) is 31.4 Å². The van der Waals surface area contributed by atoms with E-state index in [2.05, 4.69) is 26.8 Å². The molecule has 3 aromatic rings. The highest BCUT2D eigenvalue weighted by Crippen LogP contribution is 2.33. The van der Waals surface area contributed by atoms with Crippen LogP contribution in [0.4, 0.5) is 11.5 Å². The lowest BCUT2D eigenvalue weighted by Crippen LogP contribution is -2.13. The van der Waals surface area contributed by atoms with Crippen molar-refractivity contribution >= 4 is 22.9 Å². The monoisotopic (exact) mass is 372 g/mol. The van der Waals surface area contributed by atoms with Crippen molar-refractivity contribution in [2.75, 3.05) is 17.2 Å². The van der Waals surface area contributed by atoms with Crippen LogP contribution in [0.5, 0.6) is 0 Å². The SMILES string of the molecule is N#Cc1cc(-c2ccn3nc(NC(=O)C4CC4)cc3c2)c(NCC2CC2)cn1. The minimum atomic E-state index is 0.0444. The summed E-state index contributed by atoms with van der Waals surface area (Å²) in [5.74, 6) is 1.48. The van der Waals surface area contributed by atoms with E-state index in [-0.39, 0.29) is 11.8 Å². The third-order valence-electron chi connectivity index (χ3n) is 5.27. The van der Waals surface area contributed by atoms with E-state index in [0.29, 0.717) is 11.5 Å². The second-order valence-electron chi connectivity index (χ2n) is 7.63. The molecule has 3 heterocycles. The normalized spacial score (nSPS) is 16.0. The van der Waals surface area contributed by atoms with Crippen LogP contribution in [0.15, 0.2) is 36.7 Å². The maximum atomic E-state index is 12.0. The van der Waals surface area contributed by atoms with Gasteiger partial charge in [0.15, 0.2) is 5.82 Å². The van der Waals surface area contributed by atoms with Crippen LogP contribution in [0.3, 0.4) is 0 Å². The first-order valence-electron chi connectivity index (χ1n) is 9.64. The van der Waals surface area contributed by atoms with Gasteiger partial charge < -0.3 is 10.6 Å². The molecule has 0 radical (unpaired) electrons. The summed E-state index contributed by atoms with van der Waals surface area (Å²) in [6.07, 6.45) is 8.06. The highest BCUT2D eigenvalue weighted by Gasteiger charge is 2.30. The van der Waals surface area contributed by atoms with Crippen molar-refractivity contribution in [1.29, 1.82) is 5.26 Å². The van der Waals surface area contributed by atoms with Crippen LogP contribution in [-0.4, -0.2) is 27.0 Å². The molecule has 0 aliphatic heterocycles. The number of nitrogens with one attached hydrogen (secondary N) is 2. The van der Waals surface area contributed by atoms with E-state index in [1.165, 1.54) is 12.8 Å². The number of carbonyl (C=O) groups excluding carboxylic acids is 1. The van der Waals surface area contributed by atoms with Crippen molar-refractivity contribution in [1.82, 2.24) is 14.6 Å². The largest absolute Gasteiger partial charge is 0.383 e. The third-order valence-corrected chi connectivity index (χ3v) is 5.27. The Kier molecular flexibility index (Phi) is 3.97. The number of rotatable bonds is 6. The van der Waals surface area contributed by atoms with Crippen LogP contribution in [0.2, 0.25) is 0 Å². The summed E-state index contributed by atoms with van der Waals surface area (Å²) >= 11 is 0. The zero-order valence-corrected chi connectivity index (χ0v) is 15.4. The van der Waals surface area contributed by atoms with Gasteiger partial charge >= 0.3 is 0 Å². The van der Waals surface area contributed by atoms with E-state index in [9.17, 15) is 10.1 Å². The first-order valence-corrected chi connectivity index (χ1v) is 9.64. The molecule has 0 saturated heterocycles. The van der Waals surface area contributed by atoms with E-state index < -0.39 is 0 Å². The second-order valence-corrected chi connectivity index (χ2v) is 7.63. The van der Waals surface area contributed by atoms with Gasteiger partial charge in [0.05, 0.1) is 17.4 Å². The quantitative estimate of drug-likeness (QED) is 0.691. The van der Waals surface area contributed by atoms with Crippen LogP contribution >= 0.6 is 0 Å². The predicted octanol–water partition coefficient (Wildman–Crippen LogP) is 3.44. The Morgan fingerprint density at radius 1 is 1.25 bits per heavy atom. The average Bonchev–Trinajstić information content (AvgIpc) is 3.62. The Morgan fingerprint density at radius 3 is 2.86 bits per heavy atom. The fraction of sp³-hybridized carbons (Fsp3) is 0.333. The Bertz CT molecular complexity index is 1100. The zero-order valence-electron chi connectivity index (χ0n) is 15.4. The van der Waals surface area contributed by atoms with Gasteiger partial charge in [0.25, 0.3) is 0 Å². The number of nitrogens with zero attached hydrogens (tertiary/aromatic N) is 4. The molecule has 140 valence electrons. The fourth-order valence-electron chi connectivity index (χ4n) is 3.27. The fourth-order valence-corrected chi connectivity index (χ4v) is 3.27. The van der Waals surface area contributed by atoms with Crippen LogP contribution in [0, 0.1) is 23.2 Å². The van der Waals surface area contributed by atoms with E-state index in [4.69, 9.17) is 0 Å². The maximum Gasteiger partial charge on any atom is 0.228 e. The Hall–Kier alpha value is -3.40. The van der Waals surface area contributed by atoms with E-state index in [1.54, 1.807) is 10.7 Å². The van der Waals surface area contributed by atoms with Crippen LogP contribution in [-0.2, 0) is 4.79 Å². The number of hydrogen-bond acceptors (Lipinski definition) is 5. The van der Waals surface area contributed by atoms with Gasteiger partial charge in [-0.15, -0.1) is 0 Å². The van der Waals surface area contributed by atoms with Crippen molar-refractivity contribution in [2.45, 2.75) is 25.7 Å². The summed E-state index contributed by atoms with van der Waals surface area (Å²) in [5, 5.41) is 20.0. The molecule has 2 fully saturated rings. The molecule has 3 aromatic heterocycles. The molecule has 2 aliphatic carbocycles. The van der Waals surface area contributed by atoms with Gasteiger partial charge in [-0.25, -0.2) is 9.50 Å². The van der Waals surface area contributed by atoms with Crippen molar-refractivity contribution in [3.8, 4) is 17.2 Å². The van der Waals surface area contributed by atoms with E-state index in [1.807, 2.05) is 30.5 Å². The molecule has 0 unspecified atom stereocenters. The molecule has 7 heteroatoms. The molecule has 7 nitrogen and oxygen atoms in total. The van der Waals surface area contributed by atoms with E-state index in [0.717, 1.165) is 47.6 Å². The summed E-state index contributed by atoms with van der Waals surface area (Å²) in [4.78, 5) is 16.2. The first kappa shape index (κ1) is 16.8. The summed E-state index contributed by atoms with van der Waals surface area (Å²) in [5.41, 5.74) is 4.12. The lowest BCUT2D eigenvalue weighted by atomic mass is 10.0. The van der Waals surface area contributed by atoms with Crippen molar-refractivity contribution in [3.63, 3.8) is 0 Å². The minimum absolute atomic E-state index is 0.0444. The van der Waals surface area contributed by atoms with Crippen LogP contribution < -0.4 is 10.6 Å². The van der Waals surface area contributed by atoms with E-state index >= 15 is 0 Å². The number of pyridine rings is 2.